The lowest BCUT2D eigenvalue weighted by atomic mass is 10.0. The van der Waals surface area contributed by atoms with Gasteiger partial charge in [0.1, 0.15) is 5.70 Å². The second kappa shape index (κ2) is 15.9. The molecule has 0 radical (unpaired) electrons. The Morgan fingerprint density at radius 3 is 2.15 bits per heavy atom. The monoisotopic (exact) mass is 659 g/mol. The van der Waals surface area contributed by atoms with E-state index < -0.39 is 11.8 Å². The Hall–Kier alpha value is -5.11. The van der Waals surface area contributed by atoms with Gasteiger partial charge in [-0.2, -0.15) is 0 Å². The Bertz CT molecular complexity index is 1890. The first-order valence-corrected chi connectivity index (χ1v) is 16.4. The van der Waals surface area contributed by atoms with Gasteiger partial charge in [-0.3, -0.25) is 14.4 Å². The maximum absolute atomic E-state index is 13.7. The second-order valence-electron chi connectivity index (χ2n) is 10.8. The van der Waals surface area contributed by atoms with Crippen molar-refractivity contribution in [1.29, 1.82) is 0 Å². The van der Waals surface area contributed by atoms with Gasteiger partial charge >= 0.3 is 0 Å². The Morgan fingerprint density at radius 2 is 1.45 bits per heavy atom. The summed E-state index contributed by atoms with van der Waals surface area (Å²) in [6.45, 7) is 3.86. The van der Waals surface area contributed by atoms with Gasteiger partial charge in [0.15, 0.2) is 0 Å². The van der Waals surface area contributed by atoms with E-state index in [1.165, 1.54) is 11.8 Å². The average Bonchev–Trinajstić information content (AvgIpc) is 3.09. The van der Waals surface area contributed by atoms with Crippen LogP contribution in [0.4, 0.5) is 11.4 Å². The fourth-order valence-corrected chi connectivity index (χ4v) is 5.97. The van der Waals surface area contributed by atoms with Gasteiger partial charge in [-0.25, -0.2) is 0 Å². The summed E-state index contributed by atoms with van der Waals surface area (Å²) in [5.74, 6) is -1.02. The van der Waals surface area contributed by atoms with Crippen molar-refractivity contribution >= 4 is 58.5 Å². The van der Waals surface area contributed by atoms with Crippen molar-refractivity contribution in [3.05, 3.63) is 155 Å². The zero-order valence-electron chi connectivity index (χ0n) is 26.0. The number of rotatable bonds is 11. The maximum Gasteiger partial charge on any atom is 0.272 e. The Labute approximate surface area is 284 Å². The van der Waals surface area contributed by atoms with Crippen molar-refractivity contribution in [3.8, 4) is 11.1 Å². The van der Waals surface area contributed by atoms with E-state index in [-0.39, 0.29) is 16.9 Å². The Balaban J connectivity index is 1.33. The molecule has 0 aliphatic rings. The lowest BCUT2D eigenvalue weighted by molar-refractivity contribution is -0.116. The van der Waals surface area contributed by atoms with Crippen LogP contribution in [-0.2, 0) is 9.59 Å². The molecule has 0 fully saturated rings. The van der Waals surface area contributed by atoms with E-state index >= 15 is 0 Å². The smallest absolute Gasteiger partial charge is 0.272 e. The summed E-state index contributed by atoms with van der Waals surface area (Å²) >= 11 is 7.55. The minimum Gasteiger partial charge on any atom is -0.325 e. The molecule has 8 heteroatoms. The first-order chi connectivity index (χ1) is 22.8. The van der Waals surface area contributed by atoms with Gasteiger partial charge in [0.25, 0.3) is 11.8 Å². The van der Waals surface area contributed by atoms with E-state index in [1.54, 1.807) is 48.5 Å². The van der Waals surface area contributed by atoms with Crippen LogP contribution in [0.2, 0.25) is 5.02 Å². The third-order valence-corrected chi connectivity index (χ3v) is 8.94. The summed E-state index contributed by atoms with van der Waals surface area (Å²) in [4.78, 5) is 40.7. The number of benzene rings is 5. The van der Waals surface area contributed by atoms with Crippen LogP contribution in [0.1, 0.15) is 34.8 Å². The number of carbonyl (C=O) groups is 3. The molecule has 236 valence electrons. The van der Waals surface area contributed by atoms with Crippen molar-refractivity contribution in [1.82, 2.24) is 5.32 Å². The normalized spacial score (nSPS) is 11.8. The van der Waals surface area contributed by atoms with Crippen LogP contribution in [0.5, 0.6) is 0 Å². The molecule has 47 heavy (non-hydrogen) atoms. The highest BCUT2D eigenvalue weighted by Crippen LogP contribution is 2.30. The van der Waals surface area contributed by atoms with E-state index in [2.05, 4.69) is 16.0 Å². The van der Waals surface area contributed by atoms with Crippen LogP contribution in [-0.4, -0.2) is 23.0 Å². The highest BCUT2D eigenvalue weighted by atomic mass is 35.5. The molecule has 3 amide bonds. The molecule has 0 aliphatic carbocycles. The quantitative estimate of drug-likeness (QED) is 0.0974. The highest BCUT2D eigenvalue weighted by molar-refractivity contribution is 8.00. The minimum atomic E-state index is -0.482. The number of anilines is 2. The van der Waals surface area contributed by atoms with Gasteiger partial charge in [-0.1, -0.05) is 103 Å². The molecule has 1 unspecified atom stereocenters. The van der Waals surface area contributed by atoms with Crippen molar-refractivity contribution in [2.24, 2.45) is 0 Å². The second-order valence-corrected chi connectivity index (χ2v) is 12.5. The average molecular weight is 660 g/mol. The molecule has 0 bridgehead atoms. The number of amides is 3. The maximum atomic E-state index is 13.7. The molecule has 0 saturated carbocycles. The zero-order valence-corrected chi connectivity index (χ0v) is 27.6. The van der Waals surface area contributed by atoms with Crippen LogP contribution in [0.3, 0.4) is 0 Å². The van der Waals surface area contributed by atoms with E-state index in [4.69, 9.17) is 11.6 Å². The fraction of sp³-hybridized carbons (Fsp3) is 0.103. The number of nitrogens with one attached hydrogen (secondary N) is 3. The van der Waals surface area contributed by atoms with E-state index in [9.17, 15) is 14.4 Å². The first kappa shape index (κ1) is 33.3. The standard InChI is InChI=1S/C39H34ClN3O3S/c1-3-36(39(46)42-34-24-31(40)22-17-26(34)2)47-33-16-10-15-32(25-33)41-38(45)35(43-37(44)30-13-8-5-9-14-30)23-27-18-20-29(21-19-27)28-11-6-4-7-12-28/h4-25,36H,3H2,1-2H3,(H,41,45)(H,42,46)(H,43,44)/b35-23+. The van der Waals surface area contributed by atoms with Crippen LogP contribution in [0.25, 0.3) is 17.2 Å². The number of hydrogen-bond acceptors (Lipinski definition) is 4. The molecule has 0 spiro atoms. The van der Waals surface area contributed by atoms with E-state index in [1.807, 2.05) is 98.8 Å². The van der Waals surface area contributed by atoms with Gasteiger partial charge < -0.3 is 16.0 Å². The number of halogens is 1. The molecule has 0 saturated heterocycles. The Morgan fingerprint density at radius 1 is 0.766 bits per heavy atom. The Kier molecular flexibility index (Phi) is 11.3. The predicted molar refractivity (Wildman–Crippen MR) is 194 cm³/mol. The molecule has 3 N–H and O–H groups in total. The lowest BCUT2D eigenvalue weighted by Gasteiger charge is -2.17. The van der Waals surface area contributed by atoms with E-state index in [0.29, 0.717) is 28.4 Å². The van der Waals surface area contributed by atoms with E-state index in [0.717, 1.165) is 27.1 Å². The molecule has 6 nitrogen and oxygen atoms in total. The predicted octanol–water partition coefficient (Wildman–Crippen LogP) is 9.23. The number of thioether (sulfide) groups is 1. The summed E-state index contributed by atoms with van der Waals surface area (Å²) in [5.41, 5.74) is 5.51. The first-order valence-electron chi connectivity index (χ1n) is 15.2. The van der Waals surface area contributed by atoms with Crippen molar-refractivity contribution < 1.29 is 14.4 Å². The highest BCUT2D eigenvalue weighted by Gasteiger charge is 2.20. The molecule has 5 aromatic rings. The molecule has 1 atom stereocenters. The zero-order chi connectivity index (χ0) is 33.2. The third kappa shape index (κ3) is 9.22. The third-order valence-electron chi connectivity index (χ3n) is 7.35. The molecule has 5 aromatic carbocycles. The van der Waals surface area contributed by atoms with Crippen molar-refractivity contribution in [2.45, 2.75) is 30.4 Å². The van der Waals surface area contributed by atoms with Gasteiger partial charge in [0.05, 0.1) is 5.25 Å². The summed E-state index contributed by atoms with van der Waals surface area (Å²) < 4.78 is 0. The van der Waals surface area contributed by atoms with Gasteiger partial charge in [-0.05, 0) is 84.1 Å². The molecule has 5 rings (SSSR count). The van der Waals surface area contributed by atoms with Crippen LogP contribution in [0.15, 0.2) is 138 Å². The van der Waals surface area contributed by atoms with Crippen LogP contribution in [0, 0.1) is 6.92 Å². The SMILES string of the molecule is CCC(Sc1cccc(NC(=O)/C(=C\c2ccc(-c3ccccc3)cc2)NC(=O)c2ccccc2)c1)C(=O)Nc1cc(Cl)ccc1C. The molecule has 0 heterocycles. The number of hydrogen-bond donors (Lipinski definition) is 3. The molecule has 0 aromatic heterocycles. The van der Waals surface area contributed by atoms with Crippen molar-refractivity contribution in [3.63, 3.8) is 0 Å². The largest absolute Gasteiger partial charge is 0.325 e. The summed E-state index contributed by atoms with van der Waals surface area (Å²) in [7, 11) is 0. The molecule has 0 aliphatic heterocycles. The van der Waals surface area contributed by atoms with Crippen LogP contribution < -0.4 is 16.0 Å². The van der Waals surface area contributed by atoms with Crippen molar-refractivity contribution in [2.75, 3.05) is 10.6 Å². The summed E-state index contributed by atoms with van der Waals surface area (Å²) in [6.07, 6.45) is 2.24. The number of carbonyl (C=O) groups excluding carboxylic acids is 3. The van der Waals surface area contributed by atoms with Gasteiger partial charge in [0.2, 0.25) is 5.91 Å². The molecular weight excluding hydrogens is 626 g/mol. The lowest BCUT2D eigenvalue weighted by Crippen LogP contribution is -2.30. The van der Waals surface area contributed by atoms with Gasteiger partial charge in [-0.15, -0.1) is 11.8 Å². The fourth-order valence-electron chi connectivity index (χ4n) is 4.79. The summed E-state index contributed by atoms with van der Waals surface area (Å²) in [6, 6.07) is 39.2. The van der Waals surface area contributed by atoms with Gasteiger partial charge in [0, 0.05) is 26.9 Å². The summed E-state index contributed by atoms with van der Waals surface area (Å²) in [5, 5.41) is 8.88. The molecular formula is C39H34ClN3O3S. The number of aryl methyl sites for hydroxylation is 1. The topological polar surface area (TPSA) is 87.3 Å². The van der Waals surface area contributed by atoms with Crippen LogP contribution >= 0.6 is 23.4 Å². The minimum absolute atomic E-state index is 0.0899.